The van der Waals surface area contributed by atoms with Crippen molar-refractivity contribution in [3.05, 3.63) is 71.6 Å². The highest BCUT2D eigenvalue weighted by Crippen LogP contribution is 2.11. The summed E-state index contributed by atoms with van der Waals surface area (Å²) in [7, 11) is 0. The zero-order valence-corrected chi connectivity index (χ0v) is 14.7. The third-order valence-electron chi connectivity index (χ3n) is 4.01. The average Bonchev–Trinajstić information content (AvgIpc) is 3.21. The van der Waals surface area contributed by atoms with Crippen LogP contribution in [0.1, 0.15) is 23.7 Å². The summed E-state index contributed by atoms with van der Waals surface area (Å²) in [5.74, 6) is -0.511. The monoisotopic (exact) mass is 353 g/mol. The zero-order chi connectivity index (χ0) is 18.5. The van der Waals surface area contributed by atoms with Gasteiger partial charge in [-0.1, -0.05) is 12.1 Å². The molecular formula is C19H20FN5O. The van der Waals surface area contributed by atoms with Gasteiger partial charge in [0.25, 0.3) is 0 Å². The molecule has 0 bridgehead atoms. The van der Waals surface area contributed by atoms with Crippen LogP contribution in [0.2, 0.25) is 0 Å². The molecule has 3 rings (SSSR count). The number of anilines is 1. The van der Waals surface area contributed by atoms with Crippen molar-refractivity contribution in [2.75, 3.05) is 5.32 Å². The Kier molecular flexibility index (Phi) is 5.26. The largest absolute Gasteiger partial charge is 0.320 e. The number of rotatable bonds is 6. The third kappa shape index (κ3) is 4.24. The molecule has 0 radical (unpaired) electrons. The van der Waals surface area contributed by atoms with Crippen LogP contribution in [0.15, 0.2) is 48.9 Å². The van der Waals surface area contributed by atoms with Crippen LogP contribution in [-0.4, -0.2) is 25.5 Å². The Hall–Kier alpha value is -3.22. The Bertz CT molecular complexity index is 924. The second kappa shape index (κ2) is 7.77. The van der Waals surface area contributed by atoms with Crippen molar-refractivity contribution >= 4 is 17.7 Å². The van der Waals surface area contributed by atoms with Gasteiger partial charge in [0.15, 0.2) is 0 Å². The topological polar surface area (TPSA) is 64.7 Å². The Morgan fingerprint density at radius 1 is 1.23 bits per heavy atom. The molecule has 0 aliphatic carbocycles. The first kappa shape index (κ1) is 17.6. The molecule has 0 saturated heterocycles. The third-order valence-corrected chi connectivity index (χ3v) is 4.01. The minimum absolute atomic E-state index is 0.241. The maximum atomic E-state index is 12.9. The van der Waals surface area contributed by atoms with Crippen LogP contribution in [0.5, 0.6) is 0 Å². The minimum atomic E-state index is -0.270. The predicted octanol–water partition coefficient (Wildman–Crippen LogP) is 3.25. The number of aromatic nitrogens is 4. The van der Waals surface area contributed by atoms with E-state index in [0.717, 1.165) is 23.4 Å². The molecule has 2 heterocycles. The number of nitrogens with zero attached hydrogens (tertiary/aromatic N) is 4. The summed E-state index contributed by atoms with van der Waals surface area (Å²) in [6, 6.07) is 6.23. The summed E-state index contributed by atoms with van der Waals surface area (Å²) < 4.78 is 16.5. The Balaban J connectivity index is 1.59. The van der Waals surface area contributed by atoms with E-state index in [1.54, 1.807) is 41.5 Å². The summed E-state index contributed by atoms with van der Waals surface area (Å²) in [5, 5.41) is 11.2. The van der Waals surface area contributed by atoms with Gasteiger partial charge in [-0.05, 0) is 37.6 Å². The lowest BCUT2D eigenvalue weighted by atomic mass is 10.2. The first-order valence-corrected chi connectivity index (χ1v) is 8.33. The molecule has 1 amide bonds. The van der Waals surface area contributed by atoms with E-state index < -0.39 is 0 Å². The smallest absolute Gasteiger partial charge is 0.248 e. The van der Waals surface area contributed by atoms with Gasteiger partial charge >= 0.3 is 0 Å². The highest BCUT2D eigenvalue weighted by atomic mass is 19.1. The molecule has 1 N–H and O–H groups in total. The molecule has 134 valence electrons. The average molecular weight is 353 g/mol. The molecule has 7 heteroatoms. The standard InChI is InChI=1S/C19H20FN5O/c1-3-25-14(2)16(10-22-25)6-9-19(26)23-18-11-21-24(13-18)12-15-4-7-17(20)8-5-15/h4-11,13H,3,12H2,1-2H3,(H,23,26)/b9-6-. The molecule has 0 unspecified atom stereocenters. The summed E-state index contributed by atoms with van der Waals surface area (Å²) >= 11 is 0. The van der Waals surface area contributed by atoms with Crippen molar-refractivity contribution in [2.24, 2.45) is 0 Å². The van der Waals surface area contributed by atoms with E-state index in [1.165, 1.54) is 18.2 Å². The van der Waals surface area contributed by atoms with Gasteiger partial charge in [0.2, 0.25) is 5.91 Å². The lowest BCUT2D eigenvalue weighted by Crippen LogP contribution is -2.07. The van der Waals surface area contributed by atoms with E-state index in [2.05, 4.69) is 15.5 Å². The number of hydrogen-bond donors (Lipinski definition) is 1. The van der Waals surface area contributed by atoms with Crippen LogP contribution in [0.4, 0.5) is 10.1 Å². The number of benzene rings is 1. The van der Waals surface area contributed by atoms with E-state index in [9.17, 15) is 9.18 Å². The summed E-state index contributed by atoms with van der Waals surface area (Å²) in [4.78, 5) is 12.1. The number of carbonyl (C=O) groups is 1. The van der Waals surface area contributed by atoms with E-state index in [0.29, 0.717) is 12.2 Å². The van der Waals surface area contributed by atoms with Crippen LogP contribution in [0, 0.1) is 12.7 Å². The lowest BCUT2D eigenvalue weighted by molar-refractivity contribution is -0.111. The van der Waals surface area contributed by atoms with E-state index in [4.69, 9.17) is 0 Å². The fourth-order valence-electron chi connectivity index (χ4n) is 2.58. The molecule has 6 nitrogen and oxygen atoms in total. The molecule has 0 spiro atoms. The predicted molar refractivity (Wildman–Crippen MR) is 98.0 cm³/mol. The summed E-state index contributed by atoms with van der Waals surface area (Å²) in [5.41, 5.74) is 3.45. The highest BCUT2D eigenvalue weighted by Gasteiger charge is 2.05. The van der Waals surface area contributed by atoms with Crippen molar-refractivity contribution in [3.63, 3.8) is 0 Å². The minimum Gasteiger partial charge on any atom is -0.320 e. The Morgan fingerprint density at radius 3 is 2.69 bits per heavy atom. The van der Waals surface area contributed by atoms with E-state index in [-0.39, 0.29) is 11.7 Å². The van der Waals surface area contributed by atoms with Gasteiger partial charge in [-0.2, -0.15) is 10.2 Å². The number of amides is 1. The molecule has 2 aromatic heterocycles. The summed E-state index contributed by atoms with van der Waals surface area (Å²) in [6.07, 6.45) is 8.27. The molecule has 1 aromatic carbocycles. The number of nitrogens with one attached hydrogen (secondary N) is 1. The molecule has 3 aromatic rings. The van der Waals surface area contributed by atoms with Crippen molar-refractivity contribution in [2.45, 2.75) is 26.9 Å². The van der Waals surface area contributed by atoms with Crippen LogP contribution >= 0.6 is 0 Å². The molecular weight excluding hydrogens is 333 g/mol. The fraction of sp³-hybridized carbons (Fsp3) is 0.211. The number of halogens is 1. The molecule has 0 saturated carbocycles. The van der Waals surface area contributed by atoms with E-state index in [1.807, 2.05) is 18.5 Å². The van der Waals surface area contributed by atoms with Crippen LogP contribution in [-0.2, 0) is 17.9 Å². The van der Waals surface area contributed by atoms with E-state index >= 15 is 0 Å². The Labute approximate surface area is 151 Å². The first-order valence-electron chi connectivity index (χ1n) is 8.33. The van der Waals surface area contributed by atoms with Crippen molar-refractivity contribution < 1.29 is 9.18 Å². The van der Waals surface area contributed by atoms with Gasteiger partial charge in [0, 0.05) is 30.1 Å². The lowest BCUT2D eigenvalue weighted by Gasteiger charge is -2.01. The quantitative estimate of drug-likeness (QED) is 0.692. The number of hydrogen-bond acceptors (Lipinski definition) is 3. The molecule has 0 fully saturated rings. The van der Waals surface area contributed by atoms with Gasteiger partial charge in [0.1, 0.15) is 5.82 Å². The Morgan fingerprint density at radius 2 is 2.00 bits per heavy atom. The second-order valence-corrected chi connectivity index (χ2v) is 5.88. The van der Waals surface area contributed by atoms with Gasteiger partial charge < -0.3 is 5.32 Å². The number of carbonyl (C=O) groups excluding carboxylic acids is 1. The van der Waals surface area contributed by atoms with Gasteiger partial charge in [-0.25, -0.2) is 4.39 Å². The van der Waals surface area contributed by atoms with Gasteiger partial charge in [-0.3, -0.25) is 14.2 Å². The molecule has 26 heavy (non-hydrogen) atoms. The van der Waals surface area contributed by atoms with Crippen molar-refractivity contribution in [3.8, 4) is 0 Å². The normalized spacial score (nSPS) is 11.2. The van der Waals surface area contributed by atoms with Gasteiger partial charge in [0.05, 0.1) is 24.6 Å². The zero-order valence-electron chi connectivity index (χ0n) is 14.7. The molecule has 0 atom stereocenters. The van der Waals surface area contributed by atoms with Crippen LogP contribution in [0.25, 0.3) is 6.08 Å². The van der Waals surface area contributed by atoms with Crippen LogP contribution < -0.4 is 5.32 Å². The fourth-order valence-corrected chi connectivity index (χ4v) is 2.58. The number of aryl methyl sites for hydroxylation is 1. The molecule has 0 aliphatic rings. The second-order valence-electron chi connectivity index (χ2n) is 5.88. The van der Waals surface area contributed by atoms with Crippen molar-refractivity contribution in [1.82, 2.24) is 19.6 Å². The summed E-state index contributed by atoms with van der Waals surface area (Å²) in [6.45, 7) is 5.28. The molecule has 0 aliphatic heterocycles. The van der Waals surface area contributed by atoms with Crippen LogP contribution in [0.3, 0.4) is 0 Å². The maximum Gasteiger partial charge on any atom is 0.248 e. The highest BCUT2D eigenvalue weighted by molar-refractivity contribution is 6.01. The SMILES string of the molecule is CCn1ncc(/C=C\C(=O)Nc2cnn(Cc3ccc(F)cc3)c2)c1C. The first-order chi connectivity index (χ1) is 12.5. The maximum absolute atomic E-state index is 12.9. The van der Waals surface area contributed by atoms with Gasteiger partial charge in [-0.15, -0.1) is 0 Å². The van der Waals surface area contributed by atoms with Crippen molar-refractivity contribution in [1.29, 1.82) is 0 Å².